The molecule has 0 amide bonds. The molecule has 0 aromatic heterocycles. The molecule has 0 N–H and O–H groups in total. The quantitative estimate of drug-likeness (QED) is 0.0526. The molecule has 0 spiro atoms. The second kappa shape index (κ2) is 20.8. The molecule has 54 heavy (non-hydrogen) atoms. The summed E-state index contributed by atoms with van der Waals surface area (Å²) < 4.78 is 0. The van der Waals surface area contributed by atoms with Crippen LogP contribution in [0.5, 0.6) is 0 Å². The predicted molar refractivity (Wildman–Crippen MR) is 231 cm³/mol. The van der Waals surface area contributed by atoms with E-state index in [1.807, 2.05) is 0 Å². The van der Waals surface area contributed by atoms with E-state index in [1.54, 1.807) is 21.5 Å². The maximum Gasteiger partial charge on any atom is 4.00 e. The van der Waals surface area contributed by atoms with Crippen molar-refractivity contribution in [1.29, 1.82) is 0 Å². The summed E-state index contributed by atoms with van der Waals surface area (Å²) >= 11 is 0. The minimum atomic E-state index is -2.29. The van der Waals surface area contributed by atoms with Gasteiger partial charge in [0.2, 0.25) is 0 Å². The summed E-state index contributed by atoms with van der Waals surface area (Å²) in [5.41, 5.74) is 11.5. The Morgan fingerprint density at radius 1 is 0.500 bits per heavy atom. The van der Waals surface area contributed by atoms with E-state index < -0.39 is 8.07 Å². The van der Waals surface area contributed by atoms with Gasteiger partial charge >= 0.3 is 26.2 Å². The second-order valence-corrected chi connectivity index (χ2v) is 20.7. The molecule has 0 aliphatic carbocycles. The van der Waals surface area contributed by atoms with Crippen LogP contribution in [0.4, 0.5) is 0 Å². The average Bonchev–Trinajstić information content (AvgIpc) is 3.71. The van der Waals surface area contributed by atoms with Gasteiger partial charge in [-0.3, -0.25) is 0 Å². The molecule has 0 radical (unpaired) electrons. The maximum atomic E-state index is 2.69. The number of rotatable bonds is 16. The Kier molecular flexibility index (Phi) is 17.8. The van der Waals surface area contributed by atoms with Crippen molar-refractivity contribution in [2.45, 2.75) is 131 Å². The van der Waals surface area contributed by atoms with Gasteiger partial charge in [-0.05, 0) is 46.9 Å². The van der Waals surface area contributed by atoms with Crippen molar-refractivity contribution in [2.75, 3.05) is 0 Å². The molecule has 0 atom stereocenters. The van der Waals surface area contributed by atoms with Crippen molar-refractivity contribution < 1.29 is 51.0 Å². The number of hydrogen-bond donors (Lipinski definition) is 0. The molecule has 0 nitrogen and oxygen atoms in total. The fourth-order valence-corrected chi connectivity index (χ4v) is 12.8. The Morgan fingerprint density at radius 3 is 1.20 bits per heavy atom. The summed E-state index contributed by atoms with van der Waals surface area (Å²) in [6.45, 7) is 19.2. The van der Waals surface area contributed by atoms with E-state index in [9.17, 15) is 0 Å². The zero-order valence-corrected chi connectivity index (χ0v) is 39.2. The molecular weight excluding hydrogens is 791 g/mol. The van der Waals surface area contributed by atoms with Crippen molar-refractivity contribution in [2.24, 2.45) is 0 Å². The molecule has 6 rings (SSSR count). The summed E-state index contributed by atoms with van der Waals surface area (Å²) in [4.78, 5) is 0. The van der Waals surface area contributed by atoms with E-state index in [2.05, 4.69) is 152 Å². The van der Waals surface area contributed by atoms with Crippen LogP contribution < -0.4 is 35.2 Å². The Hall–Kier alpha value is -2.22. The Balaban J connectivity index is 0.00000261. The van der Waals surface area contributed by atoms with Gasteiger partial charge < -0.3 is 24.8 Å². The molecule has 0 aliphatic heterocycles. The van der Waals surface area contributed by atoms with Crippen molar-refractivity contribution in [3.05, 3.63) is 119 Å². The van der Waals surface area contributed by atoms with E-state index >= 15 is 0 Å². The van der Waals surface area contributed by atoms with Gasteiger partial charge in [0.1, 0.15) is 0 Å². The minimum Gasteiger partial charge on any atom is -1.00 e. The first-order valence-electron chi connectivity index (χ1n) is 20.3. The molecule has 0 bridgehead atoms. The molecule has 0 aliphatic rings. The Labute approximate surface area is 360 Å². The zero-order valence-electron chi connectivity index (χ0n) is 34.2. The first-order chi connectivity index (χ1) is 24.6. The summed E-state index contributed by atoms with van der Waals surface area (Å²) in [6, 6.07) is 38.3. The number of unbranched alkanes of at least 4 members (excludes halogenated alkanes) is 6. The Morgan fingerprint density at radius 2 is 0.870 bits per heavy atom. The van der Waals surface area contributed by atoms with Crippen molar-refractivity contribution in [1.82, 2.24) is 0 Å². The normalized spacial score (nSPS) is 11.6. The smallest absolute Gasteiger partial charge is 1.00 e. The van der Waals surface area contributed by atoms with Gasteiger partial charge in [-0.2, -0.15) is 10.4 Å². The van der Waals surface area contributed by atoms with Gasteiger partial charge in [0, 0.05) is 8.07 Å². The number of fused-ring (bicyclic) bond motifs is 2. The standard InChI is InChI=1S/C50H62Si.2ClH.Zr/c1-9-11-13-15-19-43-33-41-21-17-23-45(39-29-25-37(26-30-39)35(3)4)47(41)49(43)51(7,8)50-44(20-16-14-12-10-2)34-42-22-18-24-46(48(42)50)40-31-27-38(28-32-40)36(5)6;;;/h17-18,21-36H,9-16,19-20H2,1-8H3;2*1H;/q-2;;;+4/p-2. The summed E-state index contributed by atoms with van der Waals surface area (Å²) in [5.74, 6) is 1.06. The topological polar surface area (TPSA) is 0 Å². The number of hydrogen-bond acceptors (Lipinski definition) is 0. The molecule has 0 unspecified atom stereocenters. The summed E-state index contributed by atoms with van der Waals surface area (Å²) in [7, 11) is -2.29. The largest absolute Gasteiger partial charge is 4.00 e. The molecule has 284 valence electrons. The first-order valence-corrected chi connectivity index (χ1v) is 23.3. The molecule has 0 saturated carbocycles. The van der Waals surface area contributed by atoms with Crippen LogP contribution in [-0.4, -0.2) is 8.07 Å². The molecule has 0 saturated heterocycles. The van der Waals surface area contributed by atoms with Gasteiger partial charge in [-0.1, -0.05) is 178 Å². The third-order valence-corrected chi connectivity index (χ3v) is 15.3. The molecule has 0 fully saturated rings. The van der Waals surface area contributed by atoms with Crippen LogP contribution in [0.15, 0.2) is 97.1 Å². The summed E-state index contributed by atoms with van der Waals surface area (Å²) in [5, 5.41) is 9.25. The van der Waals surface area contributed by atoms with E-state index in [-0.39, 0.29) is 51.0 Å². The average molecular weight is 853 g/mol. The van der Waals surface area contributed by atoms with Crippen LogP contribution >= 0.6 is 0 Å². The van der Waals surface area contributed by atoms with Crippen LogP contribution in [0, 0.1) is 0 Å². The van der Waals surface area contributed by atoms with E-state index in [4.69, 9.17) is 0 Å². The van der Waals surface area contributed by atoms with E-state index in [0.29, 0.717) is 11.8 Å². The first kappa shape index (κ1) is 46.2. The Bertz CT molecular complexity index is 1900. The van der Waals surface area contributed by atoms with Gasteiger partial charge in [0.25, 0.3) is 0 Å². The fraction of sp³-hybridized carbons (Fsp3) is 0.400. The molecule has 4 heteroatoms. The van der Waals surface area contributed by atoms with Gasteiger partial charge in [-0.25, -0.2) is 0 Å². The van der Waals surface area contributed by atoms with Crippen molar-refractivity contribution in [3.63, 3.8) is 0 Å². The van der Waals surface area contributed by atoms with Crippen LogP contribution in [0.1, 0.15) is 127 Å². The van der Waals surface area contributed by atoms with Gasteiger partial charge in [0.05, 0.1) is 0 Å². The van der Waals surface area contributed by atoms with Gasteiger partial charge in [0.15, 0.2) is 0 Å². The minimum absolute atomic E-state index is 0. The van der Waals surface area contributed by atoms with Crippen LogP contribution in [0.2, 0.25) is 13.1 Å². The molecule has 6 aromatic carbocycles. The number of benzene rings is 4. The number of aryl methyl sites for hydroxylation is 2. The van der Waals surface area contributed by atoms with Crippen LogP contribution in [-0.2, 0) is 39.0 Å². The fourth-order valence-electron chi connectivity index (χ4n) is 8.79. The second-order valence-electron chi connectivity index (χ2n) is 16.4. The predicted octanol–water partition coefficient (Wildman–Crippen LogP) is 8.09. The SMILES string of the molecule is CCCCCCc1[cH-]c2cccc(-c3ccc(C(C)C)cc3)c2c1[Si](C)(C)c1c(CCCCCC)[cH-]c2cccc(-c3ccc(C(C)C)cc3)c12.[Cl-].[Cl-].[Zr+4]. The zero-order chi connectivity index (χ0) is 36.1. The maximum absolute atomic E-state index is 2.69. The van der Waals surface area contributed by atoms with Crippen LogP contribution in [0.3, 0.4) is 0 Å². The van der Waals surface area contributed by atoms with Crippen molar-refractivity contribution in [3.8, 4) is 22.3 Å². The third kappa shape index (κ3) is 9.83. The van der Waals surface area contributed by atoms with E-state index in [0.717, 1.165) is 0 Å². The van der Waals surface area contributed by atoms with Crippen LogP contribution in [0.25, 0.3) is 43.8 Å². The number of halogens is 2. The van der Waals surface area contributed by atoms with Crippen molar-refractivity contribution >= 4 is 40.0 Å². The van der Waals surface area contributed by atoms with E-state index in [1.165, 1.54) is 119 Å². The monoisotopic (exact) mass is 850 g/mol. The molecular formula is C50H62Cl2SiZr. The molecule has 6 aromatic rings. The molecule has 0 heterocycles. The summed E-state index contributed by atoms with van der Waals surface area (Å²) in [6.07, 6.45) is 12.7. The third-order valence-electron chi connectivity index (χ3n) is 11.6. The van der Waals surface area contributed by atoms with Gasteiger partial charge in [-0.15, -0.1) is 69.1 Å².